The number of aryl methyl sites for hydroxylation is 1. The molecular weight excluding hydrogens is 511 g/mol. The average Bonchev–Trinajstić information content (AvgIpc) is 3.27. The van der Waals surface area contributed by atoms with Gasteiger partial charge >= 0.3 is 0 Å². The van der Waals surface area contributed by atoms with Gasteiger partial charge in [-0.3, -0.25) is 9.36 Å². The van der Waals surface area contributed by atoms with E-state index in [9.17, 15) is 10.5 Å². The van der Waals surface area contributed by atoms with Crippen LogP contribution < -0.4 is 4.73 Å². The summed E-state index contributed by atoms with van der Waals surface area (Å²) < 4.78 is 20.7. The lowest BCUT2D eigenvalue weighted by molar-refractivity contribution is -0.615. The molecule has 13 heteroatoms. The van der Waals surface area contributed by atoms with Gasteiger partial charge in [-0.15, -0.1) is 5.10 Å². The van der Waals surface area contributed by atoms with E-state index < -0.39 is 5.82 Å². The molecule has 6 rings (SSSR count). The van der Waals surface area contributed by atoms with Crippen molar-refractivity contribution < 1.29 is 9.12 Å². The summed E-state index contributed by atoms with van der Waals surface area (Å²) in [4.78, 5) is 0. The van der Waals surface area contributed by atoms with Crippen LogP contribution in [0.4, 0.5) is 4.39 Å². The Morgan fingerprint density at radius 2 is 2.05 bits per heavy atom. The number of nitrogens with zero attached hydrogens (tertiary/aromatic N) is 10. The van der Waals surface area contributed by atoms with Crippen LogP contribution in [0, 0.1) is 28.3 Å². The van der Waals surface area contributed by atoms with E-state index >= 15 is 4.39 Å². The number of tetrazole rings is 1. The Labute approximate surface area is 220 Å². The zero-order chi connectivity index (χ0) is 26.4. The van der Waals surface area contributed by atoms with Crippen LogP contribution in [0.25, 0.3) is 28.1 Å². The largest absolute Gasteiger partial charge is 0.618 e. The Bertz CT molecular complexity index is 1680. The third-order valence-corrected chi connectivity index (χ3v) is 7.04. The van der Waals surface area contributed by atoms with Crippen molar-refractivity contribution in [3.8, 4) is 34.1 Å². The van der Waals surface area contributed by atoms with E-state index in [-0.39, 0.29) is 16.6 Å². The highest BCUT2D eigenvalue weighted by Crippen LogP contribution is 2.39. The van der Waals surface area contributed by atoms with E-state index in [4.69, 9.17) is 11.6 Å². The monoisotopic (exact) mass is 530 g/mol. The van der Waals surface area contributed by atoms with E-state index in [0.29, 0.717) is 34.1 Å². The Balaban J connectivity index is 1.41. The molecule has 11 nitrogen and oxygen atoms in total. The molecule has 1 aromatic carbocycles. The highest BCUT2D eigenvalue weighted by atomic mass is 35.5. The number of aromatic nitrogens is 9. The smallest absolute Gasteiger partial charge is 0.217 e. The molecule has 1 unspecified atom stereocenters. The molecule has 0 saturated heterocycles. The Hall–Kier alpha value is -4.63. The first-order chi connectivity index (χ1) is 18.4. The quantitative estimate of drug-likeness (QED) is 0.232. The number of benzene rings is 1. The molecule has 38 heavy (non-hydrogen) atoms. The Kier molecular flexibility index (Phi) is 5.84. The number of nitriles is 1. The van der Waals surface area contributed by atoms with Gasteiger partial charge in [-0.1, -0.05) is 24.4 Å². The van der Waals surface area contributed by atoms with Crippen LogP contribution >= 0.6 is 11.6 Å². The van der Waals surface area contributed by atoms with Gasteiger partial charge in [0.2, 0.25) is 5.69 Å². The lowest BCUT2D eigenvalue weighted by Gasteiger charge is -2.18. The lowest BCUT2D eigenvalue weighted by Crippen LogP contribution is -2.35. The third-order valence-electron chi connectivity index (χ3n) is 6.75. The normalized spacial score (nSPS) is 13.9. The molecular formula is C25H20ClFN10O. The molecule has 190 valence electrons. The number of hydrogen-bond acceptors (Lipinski definition) is 7. The molecule has 5 aromatic rings. The van der Waals surface area contributed by atoms with Gasteiger partial charge < -0.3 is 5.21 Å². The minimum Gasteiger partial charge on any atom is -0.618 e. The first-order valence-corrected chi connectivity index (χ1v) is 12.2. The lowest BCUT2D eigenvalue weighted by atomic mass is 10.0. The summed E-state index contributed by atoms with van der Waals surface area (Å²) in [6.45, 7) is 0. The summed E-state index contributed by atoms with van der Waals surface area (Å²) in [5, 5.41) is 42.6. The van der Waals surface area contributed by atoms with Gasteiger partial charge in [0.25, 0.3) is 0 Å². The van der Waals surface area contributed by atoms with Crippen LogP contribution in [-0.2, 0) is 7.05 Å². The van der Waals surface area contributed by atoms with Crippen molar-refractivity contribution in [3.63, 3.8) is 0 Å². The standard InChI is InChI=1S/C25H20ClFN10O/c1-34-25(17(9-28)10-30-34)18-11-31-35(12-18)22(8-15-2-3-15)20-6-4-16(13-37(20)38)23-21(36-14-29-32-33-36)7-5-19(26)24(23)27/h4-7,10-15,22H,2-3,8H2,1H3. The summed E-state index contributed by atoms with van der Waals surface area (Å²) in [6.07, 6.45) is 10.6. The molecule has 0 amide bonds. The van der Waals surface area contributed by atoms with Crippen LogP contribution in [0.2, 0.25) is 5.02 Å². The Morgan fingerprint density at radius 3 is 2.76 bits per heavy atom. The Morgan fingerprint density at radius 1 is 1.21 bits per heavy atom. The van der Waals surface area contributed by atoms with E-state index in [1.54, 1.807) is 40.8 Å². The summed E-state index contributed by atoms with van der Waals surface area (Å²) in [6, 6.07) is 8.18. The van der Waals surface area contributed by atoms with E-state index in [1.807, 2.05) is 6.20 Å². The van der Waals surface area contributed by atoms with Crippen molar-refractivity contribution in [2.24, 2.45) is 13.0 Å². The van der Waals surface area contributed by atoms with E-state index in [2.05, 4.69) is 31.8 Å². The highest BCUT2D eigenvalue weighted by Gasteiger charge is 2.32. The number of halogens is 2. The average molecular weight is 531 g/mol. The second-order valence-corrected chi connectivity index (χ2v) is 9.63. The number of rotatable bonds is 7. The van der Waals surface area contributed by atoms with Crippen LogP contribution in [0.5, 0.6) is 0 Å². The summed E-state index contributed by atoms with van der Waals surface area (Å²) in [5.41, 5.74) is 3.07. The summed E-state index contributed by atoms with van der Waals surface area (Å²) in [7, 11) is 1.76. The van der Waals surface area contributed by atoms with Gasteiger partial charge in [-0.2, -0.15) is 24.9 Å². The molecule has 1 saturated carbocycles. The van der Waals surface area contributed by atoms with Crippen molar-refractivity contribution in [1.29, 1.82) is 5.26 Å². The van der Waals surface area contributed by atoms with Gasteiger partial charge in [0.15, 0.2) is 12.0 Å². The maximum Gasteiger partial charge on any atom is 0.217 e. The van der Waals surface area contributed by atoms with Crippen molar-refractivity contribution in [2.45, 2.75) is 25.3 Å². The van der Waals surface area contributed by atoms with E-state index in [1.165, 1.54) is 29.5 Å². The topological polar surface area (TPSA) is 130 Å². The summed E-state index contributed by atoms with van der Waals surface area (Å²) in [5.74, 6) is -0.196. The molecule has 1 atom stereocenters. The molecule has 0 bridgehead atoms. The van der Waals surface area contributed by atoms with Crippen LogP contribution in [0.1, 0.15) is 36.6 Å². The molecule has 0 spiro atoms. The van der Waals surface area contributed by atoms with Gasteiger partial charge in [0.1, 0.15) is 18.4 Å². The molecule has 4 heterocycles. The first kappa shape index (κ1) is 23.7. The van der Waals surface area contributed by atoms with Crippen LogP contribution in [0.3, 0.4) is 0 Å². The first-order valence-electron chi connectivity index (χ1n) is 11.9. The van der Waals surface area contributed by atoms with Crippen molar-refractivity contribution in [2.75, 3.05) is 0 Å². The highest BCUT2D eigenvalue weighted by molar-refractivity contribution is 6.31. The fourth-order valence-corrected chi connectivity index (χ4v) is 4.86. The van der Waals surface area contributed by atoms with Crippen molar-refractivity contribution in [3.05, 3.63) is 82.7 Å². The predicted molar refractivity (Wildman–Crippen MR) is 133 cm³/mol. The number of hydrogen-bond donors (Lipinski definition) is 0. The van der Waals surface area contributed by atoms with Crippen molar-refractivity contribution >= 4 is 11.6 Å². The molecule has 0 aliphatic heterocycles. The fraction of sp³-hybridized carbons (Fsp3) is 0.240. The van der Waals surface area contributed by atoms with Gasteiger partial charge in [0.05, 0.1) is 45.5 Å². The zero-order valence-corrected chi connectivity index (χ0v) is 20.9. The zero-order valence-electron chi connectivity index (χ0n) is 20.1. The maximum absolute atomic E-state index is 15.2. The minimum atomic E-state index is -0.678. The fourth-order valence-electron chi connectivity index (χ4n) is 4.70. The second-order valence-electron chi connectivity index (χ2n) is 9.22. The molecule has 4 aromatic heterocycles. The second kappa shape index (κ2) is 9.35. The number of pyridine rings is 1. The maximum atomic E-state index is 15.2. The molecule has 0 radical (unpaired) electrons. The molecule has 0 N–H and O–H groups in total. The van der Waals surface area contributed by atoms with Crippen LogP contribution in [-0.4, -0.2) is 39.8 Å². The van der Waals surface area contributed by atoms with Crippen molar-refractivity contribution in [1.82, 2.24) is 39.8 Å². The van der Waals surface area contributed by atoms with Crippen LogP contribution in [0.15, 0.2) is 55.4 Å². The van der Waals surface area contributed by atoms with Gasteiger partial charge in [-0.05, 0) is 41.0 Å². The SMILES string of the molecule is Cn1ncc(C#N)c1-c1cnn(C(CC2CC2)c2ccc(-c3c(-n4cnnn4)ccc(Cl)c3F)c[n+]2[O-])c1. The molecule has 1 aliphatic rings. The predicted octanol–water partition coefficient (Wildman–Crippen LogP) is 3.61. The molecule has 1 aliphatic carbocycles. The summed E-state index contributed by atoms with van der Waals surface area (Å²) >= 11 is 6.08. The molecule has 1 fully saturated rings. The van der Waals surface area contributed by atoms with Gasteiger partial charge in [0, 0.05) is 24.9 Å². The van der Waals surface area contributed by atoms with E-state index in [0.717, 1.165) is 29.6 Å². The third kappa shape index (κ3) is 4.16. The van der Waals surface area contributed by atoms with Gasteiger partial charge in [-0.25, -0.2) is 4.39 Å². The minimum absolute atomic E-state index is 0.0825.